The van der Waals surface area contributed by atoms with Crippen LogP contribution in [0.5, 0.6) is 0 Å². The SMILES string of the molecule is C=C(C)C(=O)OCCC[Si](OCC)(OCC)OCC.C=CCCCCCC[Si](OC)(OC)OC. The van der Waals surface area contributed by atoms with E-state index < -0.39 is 17.6 Å². The van der Waals surface area contributed by atoms with Gasteiger partial charge in [-0.1, -0.05) is 25.5 Å². The van der Waals surface area contributed by atoms with Crippen LogP contribution in [-0.2, 0) is 36.1 Å². The van der Waals surface area contributed by atoms with E-state index in [9.17, 15) is 4.79 Å². The Balaban J connectivity index is 0. The molecular weight excluding hydrogens is 472 g/mol. The monoisotopic (exact) mass is 522 g/mol. The first-order valence-electron chi connectivity index (χ1n) is 12.3. The first kappa shape index (κ1) is 35.3. The molecule has 0 saturated heterocycles. The fraction of sp³-hybridized carbons (Fsp3) is 0.792. The van der Waals surface area contributed by atoms with E-state index in [1.165, 1.54) is 19.3 Å². The molecule has 0 aromatic heterocycles. The molecule has 0 fully saturated rings. The van der Waals surface area contributed by atoms with Crippen molar-refractivity contribution in [1.82, 2.24) is 0 Å². The zero-order valence-corrected chi connectivity index (χ0v) is 24.7. The Morgan fingerprint density at radius 2 is 1.24 bits per heavy atom. The molecule has 0 aliphatic carbocycles. The van der Waals surface area contributed by atoms with Crippen LogP contribution in [0.1, 0.15) is 66.2 Å². The Bertz CT molecular complexity index is 502. The van der Waals surface area contributed by atoms with Crippen LogP contribution in [0.3, 0.4) is 0 Å². The molecule has 0 aromatic rings. The smallest absolute Gasteiger partial charge is 0.462 e. The number of carbonyl (C=O) groups is 1. The van der Waals surface area contributed by atoms with Gasteiger partial charge in [0.15, 0.2) is 0 Å². The quantitative estimate of drug-likeness (QED) is 0.0638. The van der Waals surface area contributed by atoms with Gasteiger partial charge in [-0.2, -0.15) is 0 Å². The number of rotatable bonds is 21. The van der Waals surface area contributed by atoms with Crippen molar-refractivity contribution in [3.05, 3.63) is 24.8 Å². The van der Waals surface area contributed by atoms with Gasteiger partial charge in [-0.05, 0) is 53.4 Å². The maximum absolute atomic E-state index is 11.2. The largest absolute Gasteiger partial charge is 0.501 e. The summed E-state index contributed by atoms with van der Waals surface area (Å²) in [7, 11) is 0.0764. The standard InChI is InChI=1S/C13H26O5Si.C11H24O3Si/c1-6-16-19(17-7-2,18-8-3)11-9-10-15-13(14)12(4)5;1-5-6-7-8-9-10-11-15(12-2,13-3)14-4/h4,6-11H2,1-3,5H3;5H,1,6-11H2,2-4H3. The van der Waals surface area contributed by atoms with Gasteiger partial charge in [0.2, 0.25) is 0 Å². The van der Waals surface area contributed by atoms with Crippen molar-refractivity contribution < 1.29 is 36.1 Å². The first-order valence-corrected chi connectivity index (χ1v) is 16.1. The molecule has 202 valence electrons. The van der Waals surface area contributed by atoms with E-state index in [2.05, 4.69) is 13.2 Å². The highest BCUT2D eigenvalue weighted by atomic mass is 28.4. The van der Waals surface area contributed by atoms with Gasteiger partial charge in [-0.15, -0.1) is 6.58 Å². The molecule has 0 saturated carbocycles. The topological polar surface area (TPSA) is 81.7 Å². The lowest BCUT2D eigenvalue weighted by Gasteiger charge is -2.28. The average Bonchev–Trinajstić information content (AvgIpc) is 2.83. The Morgan fingerprint density at radius 1 is 0.765 bits per heavy atom. The van der Waals surface area contributed by atoms with Gasteiger partial charge < -0.3 is 31.3 Å². The molecule has 0 amide bonds. The predicted molar refractivity (Wildman–Crippen MR) is 141 cm³/mol. The van der Waals surface area contributed by atoms with E-state index in [1.54, 1.807) is 28.3 Å². The number of hydrogen-bond acceptors (Lipinski definition) is 8. The summed E-state index contributed by atoms with van der Waals surface area (Å²) < 4.78 is 38.2. The number of unbranched alkanes of at least 4 members (excludes halogenated alkanes) is 4. The Morgan fingerprint density at radius 3 is 1.65 bits per heavy atom. The van der Waals surface area contributed by atoms with Gasteiger partial charge in [0.05, 0.1) is 6.61 Å². The molecule has 0 spiro atoms. The minimum atomic E-state index is -2.61. The highest BCUT2D eigenvalue weighted by molar-refractivity contribution is 6.61. The average molecular weight is 523 g/mol. The third-order valence-corrected chi connectivity index (χ3v) is 10.9. The molecule has 0 atom stereocenters. The maximum Gasteiger partial charge on any atom is 0.501 e. The summed E-state index contributed by atoms with van der Waals surface area (Å²) in [6.07, 6.45) is 8.53. The Hall–Kier alpha value is -0.856. The van der Waals surface area contributed by atoms with Crippen LogP contribution in [0, 0.1) is 0 Å². The molecule has 0 aliphatic heterocycles. The second-order valence-electron chi connectivity index (χ2n) is 7.54. The lowest BCUT2D eigenvalue weighted by molar-refractivity contribution is -0.139. The molecule has 0 bridgehead atoms. The third-order valence-electron chi connectivity index (χ3n) is 4.88. The van der Waals surface area contributed by atoms with Crippen LogP contribution < -0.4 is 0 Å². The molecule has 10 heteroatoms. The molecule has 0 unspecified atom stereocenters. The lowest BCUT2D eigenvalue weighted by Crippen LogP contribution is -2.46. The van der Waals surface area contributed by atoms with E-state index in [0.29, 0.717) is 44.5 Å². The highest BCUT2D eigenvalue weighted by Crippen LogP contribution is 2.19. The number of ether oxygens (including phenoxy) is 1. The molecule has 0 heterocycles. The van der Waals surface area contributed by atoms with E-state index in [0.717, 1.165) is 18.9 Å². The second-order valence-corrected chi connectivity index (χ2v) is 13.4. The fourth-order valence-electron chi connectivity index (χ4n) is 3.12. The molecule has 0 rings (SSSR count). The zero-order valence-electron chi connectivity index (χ0n) is 22.7. The van der Waals surface area contributed by atoms with E-state index in [1.807, 2.05) is 26.8 Å². The predicted octanol–water partition coefficient (Wildman–Crippen LogP) is 5.55. The summed E-state index contributed by atoms with van der Waals surface area (Å²) in [5, 5.41) is 0. The van der Waals surface area contributed by atoms with Crippen molar-refractivity contribution in [2.75, 3.05) is 47.8 Å². The van der Waals surface area contributed by atoms with Crippen LogP contribution in [0.4, 0.5) is 0 Å². The minimum absolute atomic E-state index is 0.327. The Kier molecular flexibility index (Phi) is 23.5. The van der Waals surface area contributed by atoms with E-state index in [4.69, 9.17) is 31.3 Å². The minimum Gasteiger partial charge on any atom is -0.462 e. The molecule has 34 heavy (non-hydrogen) atoms. The van der Waals surface area contributed by atoms with Gasteiger partial charge in [0.1, 0.15) is 0 Å². The first-order chi connectivity index (χ1) is 16.3. The number of esters is 1. The number of hydrogen-bond donors (Lipinski definition) is 0. The number of carbonyl (C=O) groups excluding carboxylic acids is 1. The third kappa shape index (κ3) is 16.7. The van der Waals surface area contributed by atoms with Crippen molar-refractivity contribution in [2.45, 2.75) is 78.3 Å². The normalized spacial score (nSPS) is 11.5. The van der Waals surface area contributed by atoms with E-state index in [-0.39, 0.29) is 5.97 Å². The fourth-order valence-corrected chi connectivity index (χ4v) is 7.49. The van der Waals surface area contributed by atoms with Crippen LogP contribution in [-0.4, -0.2) is 71.3 Å². The zero-order chi connectivity index (χ0) is 26.3. The summed E-state index contributed by atoms with van der Waals surface area (Å²) in [5.74, 6) is -0.364. The summed E-state index contributed by atoms with van der Waals surface area (Å²) in [4.78, 5) is 11.2. The van der Waals surface area contributed by atoms with Crippen molar-refractivity contribution in [3.63, 3.8) is 0 Å². The molecular formula is C24H50O8Si2. The molecule has 0 aliphatic rings. The van der Waals surface area contributed by atoms with Crippen LogP contribution in [0.2, 0.25) is 12.1 Å². The van der Waals surface area contributed by atoms with Crippen LogP contribution in [0.15, 0.2) is 24.8 Å². The summed E-state index contributed by atoms with van der Waals surface area (Å²) in [6.45, 7) is 16.6. The maximum atomic E-state index is 11.2. The number of allylic oxidation sites excluding steroid dienone is 1. The summed E-state index contributed by atoms with van der Waals surface area (Å²) in [6, 6.07) is 1.55. The van der Waals surface area contributed by atoms with Crippen LogP contribution in [0.25, 0.3) is 0 Å². The lowest BCUT2D eigenvalue weighted by atomic mass is 10.1. The van der Waals surface area contributed by atoms with Gasteiger partial charge >= 0.3 is 23.6 Å². The van der Waals surface area contributed by atoms with Crippen molar-refractivity contribution in [3.8, 4) is 0 Å². The van der Waals surface area contributed by atoms with Crippen molar-refractivity contribution >= 4 is 23.6 Å². The molecule has 0 aromatic carbocycles. The van der Waals surface area contributed by atoms with Gasteiger partial charge in [0.25, 0.3) is 0 Å². The summed E-state index contributed by atoms with van der Waals surface area (Å²) in [5.41, 5.74) is 0.405. The van der Waals surface area contributed by atoms with Gasteiger partial charge in [0, 0.05) is 58.8 Å². The molecule has 8 nitrogen and oxygen atoms in total. The second kappa shape index (κ2) is 22.6. The van der Waals surface area contributed by atoms with Gasteiger partial charge in [-0.3, -0.25) is 0 Å². The van der Waals surface area contributed by atoms with Crippen molar-refractivity contribution in [1.29, 1.82) is 0 Å². The van der Waals surface area contributed by atoms with E-state index >= 15 is 0 Å². The van der Waals surface area contributed by atoms with Crippen molar-refractivity contribution in [2.24, 2.45) is 0 Å². The summed E-state index contributed by atoms with van der Waals surface area (Å²) >= 11 is 0. The highest BCUT2D eigenvalue weighted by Gasteiger charge is 2.39. The molecule has 0 N–H and O–H groups in total. The Labute approximate surface area is 210 Å². The molecule has 0 radical (unpaired) electrons. The van der Waals surface area contributed by atoms with Gasteiger partial charge in [-0.25, -0.2) is 4.79 Å². The van der Waals surface area contributed by atoms with Crippen LogP contribution >= 0.6 is 0 Å².